The molecule has 0 N–H and O–H groups in total. The molecule has 0 bridgehead atoms. The Kier molecular flexibility index (Phi) is 7.19. The molecule has 0 fully saturated rings. The van der Waals surface area contributed by atoms with Crippen molar-refractivity contribution in [1.29, 1.82) is 0 Å². The SMILES string of the molecule is CCOc1ccccc1OCc1ccc(COc2ccccc2OCC)cc1. The molecule has 0 spiro atoms. The Labute approximate surface area is 166 Å². The highest BCUT2D eigenvalue weighted by Crippen LogP contribution is 2.28. The summed E-state index contributed by atoms with van der Waals surface area (Å²) in [6, 6.07) is 23.6. The van der Waals surface area contributed by atoms with Crippen molar-refractivity contribution in [1.82, 2.24) is 0 Å². The third-order valence-corrected chi connectivity index (χ3v) is 4.11. The summed E-state index contributed by atoms with van der Waals surface area (Å²) in [5, 5.41) is 0. The third kappa shape index (κ3) is 5.43. The van der Waals surface area contributed by atoms with Crippen molar-refractivity contribution in [2.24, 2.45) is 0 Å². The van der Waals surface area contributed by atoms with Crippen molar-refractivity contribution in [3.63, 3.8) is 0 Å². The van der Waals surface area contributed by atoms with E-state index in [0.717, 1.165) is 34.1 Å². The molecule has 4 nitrogen and oxygen atoms in total. The van der Waals surface area contributed by atoms with Crippen LogP contribution in [0.15, 0.2) is 72.8 Å². The lowest BCUT2D eigenvalue weighted by Gasteiger charge is -2.13. The van der Waals surface area contributed by atoms with Gasteiger partial charge in [-0.05, 0) is 49.2 Å². The van der Waals surface area contributed by atoms with Crippen molar-refractivity contribution in [3.8, 4) is 23.0 Å². The van der Waals surface area contributed by atoms with E-state index in [2.05, 4.69) is 24.3 Å². The number of hydrogen-bond donors (Lipinski definition) is 0. The zero-order valence-electron chi connectivity index (χ0n) is 16.4. The van der Waals surface area contributed by atoms with E-state index in [4.69, 9.17) is 18.9 Å². The normalized spacial score (nSPS) is 10.4. The molecule has 146 valence electrons. The fourth-order valence-electron chi connectivity index (χ4n) is 2.74. The molecule has 0 amide bonds. The molecule has 0 aliphatic heterocycles. The van der Waals surface area contributed by atoms with Crippen molar-refractivity contribution in [3.05, 3.63) is 83.9 Å². The van der Waals surface area contributed by atoms with Gasteiger partial charge in [0.15, 0.2) is 23.0 Å². The van der Waals surface area contributed by atoms with Gasteiger partial charge in [0.2, 0.25) is 0 Å². The second-order valence-corrected chi connectivity index (χ2v) is 6.15. The van der Waals surface area contributed by atoms with Gasteiger partial charge in [-0.15, -0.1) is 0 Å². The summed E-state index contributed by atoms with van der Waals surface area (Å²) >= 11 is 0. The first-order valence-corrected chi connectivity index (χ1v) is 9.57. The summed E-state index contributed by atoms with van der Waals surface area (Å²) in [6.45, 7) is 6.12. The Morgan fingerprint density at radius 2 is 0.786 bits per heavy atom. The average molecular weight is 378 g/mol. The van der Waals surface area contributed by atoms with Gasteiger partial charge in [0.1, 0.15) is 13.2 Å². The molecule has 0 aliphatic rings. The van der Waals surface area contributed by atoms with E-state index >= 15 is 0 Å². The van der Waals surface area contributed by atoms with Gasteiger partial charge in [-0.2, -0.15) is 0 Å². The summed E-state index contributed by atoms with van der Waals surface area (Å²) in [4.78, 5) is 0. The van der Waals surface area contributed by atoms with Gasteiger partial charge in [-0.3, -0.25) is 0 Å². The maximum atomic E-state index is 5.91. The van der Waals surface area contributed by atoms with Gasteiger partial charge in [0.05, 0.1) is 13.2 Å². The minimum Gasteiger partial charge on any atom is -0.490 e. The molecule has 0 aliphatic carbocycles. The minimum atomic E-state index is 0.485. The summed E-state index contributed by atoms with van der Waals surface area (Å²) in [5.41, 5.74) is 2.18. The van der Waals surface area contributed by atoms with Crippen LogP contribution in [0.2, 0.25) is 0 Å². The Bertz CT molecular complexity index is 786. The first-order valence-electron chi connectivity index (χ1n) is 9.57. The van der Waals surface area contributed by atoms with E-state index in [-0.39, 0.29) is 0 Å². The highest BCUT2D eigenvalue weighted by Gasteiger charge is 2.06. The molecule has 0 heterocycles. The maximum Gasteiger partial charge on any atom is 0.161 e. The second kappa shape index (κ2) is 10.3. The van der Waals surface area contributed by atoms with Crippen LogP contribution in [-0.4, -0.2) is 13.2 Å². The van der Waals surface area contributed by atoms with Crippen molar-refractivity contribution >= 4 is 0 Å². The van der Waals surface area contributed by atoms with Crippen LogP contribution in [0.4, 0.5) is 0 Å². The highest BCUT2D eigenvalue weighted by molar-refractivity contribution is 5.40. The van der Waals surface area contributed by atoms with Crippen LogP contribution < -0.4 is 18.9 Å². The summed E-state index contributed by atoms with van der Waals surface area (Å²) in [5.74, 6) is 3.04. The molecule has 0 saturated carbocycles. The van der Waals surface area contributed by atoms with Crippen LogP contribution in [0.25, 0.3) is 0 Å². The van der Waals surface area contributed by atoms with Crippen LogP contribution in [0.1, 0.15) is 25.0 Å². The smallest absolute Gasteiger partial charge is 0.161 e. The van der Waals surface area contributed by atoms with Crippen LogP contribution in [0.3, 0.4) is 0 Å². The third-order valence-electron chi connectivity index (χ3n) is 4.11. The van der Waals surface area contributed by atoms with Gasteiger partial charge >= 0.3 is 0 Å². The van der Waals surface area contributed by atoms with Crippen molar-refractivity contribution in [2.45, 2.75) is 27.1 Å². The molecule has 0 saturated heterocycles. The zero-order chi connectivity index (χ0) is 19.6. The van der Waals surface area contributed by atoms with E-state index in [9.17, 15) is 0 Å². The molecule has 0 unspecified atom stereocenters. The quantitative estimate of drug-likeness (QED) is 0.457. The van der Waals surface area contributed by atoms with Gasteiger partial charge in [0, 0.05) is 0 Å². The van der Waals surface area contributed by atoms with Crippen LogP contribution in [-0.2, 0) is 13.2 Å². The number of ether oxygens (including phenoxy) is 4. The lowest BCUT2D eigenvalue weighted by Crippen LogP contribution is -2.01. The summed E-state index contributed by atoms with van der Waals surface area (Å²) in [7, 11) is 0. The molecule has 3 aromatic rings. The molecular weight excluding hydrogens is 352 g/mol. The van der Waals surface area contributed by atoms with Gasteiger partial charge in [0.25, 0.3) is 0 Å². The molecule has 0 aromatic heterocycles. The molecule has 3 rings (SSSR count). The molecule has 28 heavy (non-hydrogen) atoms. The number of rotatable bonds is 10. The first kappa shape index (κ1) is 19.6. The Hall–Kier alpha value is -3.14. The molecule has 0 atom stereocenters. The Balaban J connectivity index is 1.56. The number of para-hydroxylation sites is 4. The van der Waals surface area contributed by atoms with Crippen molar-refractivity contribution < 1.29 is 18.9 Å². The van der Waals surface area contributed by atoms with E-state index in [0.29, 0.717) is 26.4 Å². The fourth-order valence-corrected chi connectivity index (χ4v) is 2.74. The van der Waals surface area contributed by atoms with Crippen molar-refractivity contribution in [2.75, 3.05) is 13.2 Å². The molecule has 4 heteroatoms. The molecule has 0 radical (unpaired) electrons. The van der Waals surface area contributed by atoms with E-state index in [1.807, 2.05) is 62.4 Å². The Morgan fingerprint density at radius 3 is 1.11 bits per heavy atom. The summed E-state index contributed by atoms with van der Waals surface area (Å²) < 4.78 is 23.0. The van der Waals surface area contributed by atoms with E-state index in [1.165, 1.54) is 0 Å². The van der Waals surface area contributed by atoms with E-state index < -0.39 is 0 Å². The average Bonchev–Trinajstić information content (AvgIpc) is 2.74. The minimum absolute atomic E-state index is 0.485. The lowest BCUT2D eigenvalue weighted by molar-refractivity contribution is 0.267. The van der Waals surface area contributed by atoms with Gasteiger partial charge in [-0.25, -0.2) is 0 Å². The van der Waals surface area contributed by atoms with Gasteiger partial charge in [-0.1, -0.05) is 48.5 Å². The summed E-state index contributed by atoms with van der Waals surface area (Å²) in [6.07, 6.45) is 0. The monoisotopic (exact) mass is 378 g/mol. The highest BCUT2D eigenvalue weighted by atomic mass is 16.5. The standard InChI is InChI=1S/C24H26O4/c1-3-25-21-9-5-7-11-23(21)27-17-19-13-15-20(16-14-19)18-28-24-12-8-6-10-22(24)26-4-2/h5-16H,3-4,17-18H2,1-2H3. The largest absolute Gasteiger partial charge is 0.490 e. The zero-order valence-corrected chi connectivity index (χ0v) is 16.4. The van der Waals surface area contributed by atoms with Gasteiger partial charge < -0.3 is 18.9 Å². The predicted octanol–water partition coefficient (Wildman–Crippen LogP) is 5.64. The number of hydrogen-bond acceptors (Lipinski definition) is 4. The molecular formula is C24H26O4. The fraction of sp³-hybridized carbons (Fsp3) is 0.250. The van der Waals surface area contributed by atoms with Crippen LogP contribution in [0, 0.1) is 0 Å². The maximum absolute atomic E-state index is 5.91. The van der Waals surface area contributed by atoms with E-state index in [1.54, 1.807) is 0 Å². The molecule has 3 aromatic carbocycles. The predicted molar refractivity (Wildman–Crippen MR) is 110 cm³/mol. The topological polar surface area (TPSA) is 36.9 Å². The Morgan fingerprint density at radius 1 is 0.464 bits per heavy atom. The number of benzene rings is 3. The van der Waals surface area contributed by atoms with Crippen LogP contribution >= 0.6 is 0 Å². The second-order valence-electron chi connectivity index (χ2n) is 6.15. The first-order chi connectivity index (χ1) is 13.8. The van der Waals surface area contributed by atoms with Crippen LogP contribution in [0.5, 0.6) is 23.0 Å². The lowest BCUT2D eigenvalue weighted by atomic mass is 10.1.